The van der Waals surface area contributed by atoms with Gasteiger partial charge >= 0.3 is 0 Å². The van der Waals surface area contributed by atoms with Gasteiger partial charge in [-0.3, -0.25) is 0 Å². The van der Waals surface area contributed by atoms with Gasteiger partial charge in [0.25, 0.3) is 0 Å². The SMILES string of the molecule is Cc1noc(C)c1CN1CCNc2ccccc21.Cl. The Morgan fingerprint density at radius 3 is 2.84 bits per heavy atom. The van der Waals surface area contributed by atoms with E-state index in [4.69, 9.17) is 4.52 Å². The second-order valence-corrected chi connectivity index (χ2v) is 4.67. The summed E-state index contributed by atoms with van der Waals surface area (Å²) in [6, 6.07) is 8.41. The Morgan fingerprint density at radius 2 is 2.11 bits per heavy atom. The predicted molar refractivity (Wildman–Crippen MR) is 79.2 cm³/mol. The van der Waals surface area contributed by atoms with Crippen LogP contribution in [0.4, 0.5) is 11.4 Å². The summed E-state index contributed by atoms with van der Waals surface area (Å²) in [7, 11) is 0. The third kappa shape index (κ3) is 2.54. The molecule has 0 unspecified atom stereocenters. The van der Waals surface area contributed by atoms with Gasteiger partial charge in [0.05, 0.1) is 17.1 Å². The highest BCUT2D eigenvalue weighted by Gasteiger charge is 2.19. The second kappa shape index (κ2) is 5.53. The molecule has 0 aliphatic carbocycles. The molecule has 2 aromatic rings. The van der Waals surface area contributed by atoms with E-state index in [-0.39, 0.29) is 12.4 Å². The molecule has 0 fully saturated rings. The smallest absolute Gasteiger partial charge is 0.138 e. The number of hydrogen-bond acceptors (Lipinski definition) is 4. The molecule has 1 N–H and O–H groups in total. The van der Waals surface area contributed by atoms with Crippen molar-refractivity contribution in [1.29, 1.82) is 0 Å². The van der Waals surface area contributed by atoms with Gasteiger partial charge in [0.1, 0.15) is 5.76 Å². The first-order valence-electron chi connectivity index (χ1n) is 6.25. The van der Waals surface area contributed by atoms with Crippen LogP contribution >= 0.6 is 12.4 Å². The van der Waals surface area contributed by atoms with Gasteiger partial charge in [0.15, 0.2) is 0 Å². The molecule has 0 radical (unpaired) electrons. The monoisotopic (exact) mass is 279 g/mol. The zero-order valence-electron chi connectivity index (χ0n) is 11.1. The van der Waals surface area contributed by atoms with Crippen molar-refractivity contribution in [3.05, 3.63) is 41.3 Å². The van der Waals surface area contributed by atoms with Gasteiger partial charge in [-0.05, 0) is 26.0 Å². The third-order valence-electron chi connectivity index (χ3n) is 3.47. The van der Waals surface area contributed by atoms with E-state index in [1.807, 2.05) is 13.8 Å². The van der Waals surface area contributed by atoms with Crippen LogP contribution in [0.1, 0.15) is 17.0 Å². The fourth-order valence-corrected chi connectivity index (χ4v) is 2.43. The normalized spacial score (nSPS) is 13.5. The lowest BCUT2D eigenvalue weighted by atomic mass is 10.1. The first-order chi connectivity index (χ1) is 8.75. The molecule has 0 bridgehead atoms. The fourth-order valence-electron chi connectivity index (χ4n) is 2.43. The average molecular weight is 280 g/mol. The molecule has 1 aliphatic heterocycles. The van der Waals surface area contributed by atoms with Crippen LogP contribution in [0.25, 0.3) is 0 Å². The Bertz CT molecular complexity index is 548. The number of aromatic nitrogens is 1. The molecule has 5 heteroatoms. The lowest BCUT2D eigenvalue weighted by Crippen LogP contribution is -2.33. The van der Waals surface area contributed by atoms with E-state index in [1.165, 1.54) is 16.9 Å². The number of aryl methyl sites for hydroxylation is 2. The van der Waals surface area contributed by atoms with Gasteiger partial charge in [0, 0.05) is 25.2 Å². The van der Waals surface area contributed by atoms with E-state index in [0.29, 0.717) is 0 Å². The highest BCUT2D eigenvalue weighted by molar-refractivity contribution is 5.85. The third-order valence-corrected chi connectivity index (χ3v) is 3.47. The number of halogens is 1. The minimum Gasteiger partial charge on any atom is -0.382 e. The molecule has 0 saturated carbocycles. The van der Waals surface area contributed by atoms with Crippen LogP contribution in [0.3, 0.4) is 0 Å². The minimum absolute atomic E-state index is 0. The van der Waals surface area contributed by atoms with Gasteiger partial charge in [-0.2, -0.15) is 0 Å². The summed E-state index contributed by atoms with van der Waals surface area (Å²) in [6.45, 7) is 6.81. The molecule has 1 aromatic carbocycles. The van der Waals surface area contributed by atoms with E-state index in [0.717, 1.165) is 31.1 Å². The van der Waals surface area contributed by atoms with Gasteiger partial charge in [0.2, 0.25) is 0 Å². The molecular weight excluding hydrogens is 262 g/mol. The molecular formula is C14H18ClN3O. The van der Waals surface area contributed by atoms with Crippen molar-refractivity contribution in [1.82, 2.24) is 5.16 Å². The molecule has 19 heavy (non-hydrogen) atoms. The van der Waals surface area contributed by atoms with Crippen molar-refractivity contribution in [3.63, 3.8) is 0 Å². The standard InChI is InChI=1S/C14H17N3O.ClH/c1-10-12(11(2)18-16-10)9-17-8-7-15-13-5-3-4-6-14(13)17;/h3-6,15H,7-9H2,1-2H3;1H. The van der Waals surface area contributed by atoms with Crippen molar-refractivity contribution in [2.24, 2.45) is 0 Å². The van der Waals surface area contributed by atoms with Gasteiger partial charge in [-0.15, -0.1) is 12.4 Å². The molecule has 2 heterocycles. The quantitative estimate of drug-likeness (QED) is 0.917. The number of fused-ring (bicyclic) bond motifs is 1. The summed E-state index contributed by atoms with van der Waals surface area (Å²) in [6.07, 6.45) is 0. The molecule has 1 aromatic heterocycles. The molecule has 4 nitrogen and oxygen atoms in total. The number of hydrogen-bond donors (Lipinski definition) is 1. The van der Waals surface area contributed by atoms with E-state index in [9.17, 15) is 0 Å². The maximum absolute atomic E-state index is 5.23. The van der Waals surface area contributed by atoms with Gasteiger partial charge in [-0.1, -0.05) is 17.3 Å². The van der Waals surface area contributed by atoms with Crippen molar-refractivity contribution < 1.29 is 4.52 Å². The molecule has 3 rings (SSSR count). The zero-order valence-corrected chi connectivity index (χ0v) is 12.0. The largest absolute Gasteiger partial charge is 0.382 e. The lowest BCUT2D eigenvalue weighted by Gasteiger charge is -2.31. The van der Waals surface area contributed by atoms with Crippen molar-refractivity contribution in [2.75, 3.05) is 23.3 Å². The number of nitrogens with one attached hydrogen (secondary N) is 1. The first-order valence-corrected chi connectivity index (χ1v) is 6.25. The highest BCUT2D eigenvalue weighted by atomic mass is 35.5. The molecule has 1 aliphatic rings. The second-order valence-electron chi connectivity index (χ2n) is 4.67. The van der Waals surface area contributed by atoms with Gasteiger partial charge in [-0.25, -0.2) is 0 Å². The first kappa shape index (κ1) is 13.7. The number of para-hydroxylation sites is 2. The maximum Gasteiger partial charge on any atom is 0.138 e. The van der Waals surface area contributed by atoms with Crippen LogP contribution in [-0.2, 0) is 6.54 Å². The molecule has 0 spiro atoms. The van der Waals surface area contributed by atoms with E-state index >= 15 is 0 Å². The summed E-state index contributed by atoms with van der Waals surface area (Å²) in [5, 5.41) is 7.44. The average Bonchev–Trinajstić information content (AvgIpc) is 2.71. The van der Waals surface area contributed by atoms with Crippen molar-refractivity contribution in [3.8, 4) is 0 Å². The minimum atomic E-state index is 0. The number of rotatable bonds is 2. The summed E-state index contributed by atoms with van der Waals surface area (Å²) in [5.74, 6) is 0.920. The summed E-state index contributed by atoms with van der Waals surface area (Å²) in [4.78, 5) is 2.37. The lowest BCUT2D eigenvalue weighted by molar-refractivity contribution is 0.392. The number of benzene rings is 1. The summed E-state index contributed by atoms with van der Waals surface area (Å²) >= 11 is 0. The van der Waals surface area contributed by atoms with Gasteiger partial charge < -0.3 is 14.7 Å². The van der Waals surface area contributed by atoms with Crippen LogP contribution in [0.2, 0.25) is 0 Å². The topological polar surface area (TPSA) is 41.3 Å². The molecule has 0 amide bonds. The molecule has 0 atom stereocenters. The summed E-state index contributed by atoms with van der Waals surface area (Å²) in [5.41, 5.74) is 4.65. The Morgan fingerprint density at radius 1 is 1.32 bits per heavy atom. The van der Waals surface area contributed by atoms with E-state index in [2.05, 4.69) is 39.6 Å². The van der Waals surface area contributed by atoms with Crippen LogP contribution in [0, 0.1) is 13.8 Å². The van der Waals surface area contributed by atoms with E-state index < -0.39 is 0 Å². The number of nitrogens with zero attached hydrogens (tertiary/aromatic N) is 2. The van der Waals surface area contributed by atoms with Crippen molar-refractivity contribution in [2.45, 2.75) is 20.4 Å². The fraction of sp³-hybridized carbons (Fsp3) is 0.357. The van der Waals surface area contributed by atoms with E-state index in [1.54, 1.807) is 0 Å². The molecule has 0 saturated heterocycles. The summed E-state index contributed by atoms with van der Waals surface area (Å²) < 4.78 is 5.23. The Balaban J connectivity index is 0.00000133. The Kier molecular flexibility index (Phi) is 4.00. The van der Waals surface area contributed by atoms with Crippen LogP contribution in [0.5, 0.6) is 0 Å². The predicted octanol–water partition coefficient (Wildman–Crippen LogP) is 3.15. The van der Waals surface area contributed by atoms with Crippen molar-refractivity contribution >= 4 is 23.8 Å². The van der Waals surface area contributed by atoms with Crippen LogP contribution in [-0.4, -0.2) is 18.2 Å². The Hall–Kier alpha value is -1.68. The van der Waals surface area contributed by atoms with Crippen LogP contribution < -0.4 is 10.2 Å². The zero-order chi connectivity index (χ0) is 12.5. The maximum atomic E-state index is 5.23. The Labute approximate surface area is 119 Å². The molecule has 102 valence electrons. The van der Waals surface area contributed by atoms with Crippen LogP contribution in [0.15, 0.2) is 28.8 Å². The highest BCUT2D eigenvalue weighted by Crippen LogP contribution is 2.30. The number of anilines is 2.